The number of benzene rings is 1. The van der Waals surface area contributed by atoms with E-state index in [-0.39, 0.29) is 12.0 Å². The van der Waals surface area contributed by atoms with Crippen LogP contribution in [0.3, 0.4) is 0 Å². The van der Waals surface area contributed by atoms with Gasteiger partial charge in [0.05, 0.1) is 6.26 Å². The lowest BCUT2D eigenvalue weighted by molar-refractivity contribution is 0.0199. The van der Waals surface area contributed by atoms with Gasteiger partial charge in [0.1, 0.15) is 17.5 Å². The third-order valence-electron chi connectivity index (χ3n) is 5.09. The van der Waals surface area contributed by atoms with Gasteiger partial charge in [0, 0.05) is 24.6 Å². The van der Waals surface area contributed by atoms with E-state index in [9.17, 15) is 13.6 Å². The van der Waals surface area contributed by atoms with Gasteiger partial charge in [0.15, 0.2) is 0 Å². The van der Waals surface area contributed by atoms with E-state index in [2.05, 4.69) is 0 Å². The van der Waals surface area contributed by atoms with Gasteiger partial charge in [0.25, 0.3) is 0 Å². The van der Waals surface area contributed by atoms with Gasteiger partial charge < -0.3 is 14.1 Å². The van der Waals surface area contributed by atoms with Crippen molar-refractivity contribution in [3.05, 3.63) is 59.0 Å². The largest absolute Gasteiger partial charge is 0.469 e. The molecule has 3 rings (SSSR count). The summed E-state index contributed by atoms with van der Waals surface area (Å²) in [6.07, 6.45) is 1.98. The van der Waals surface area contributed by atoms with Crippen molar-refractivity contribution in [2.45, 2.75) is 58.2 Å². The van der Waals surface area contributed by atoms with Crippen LogP contribution in [0.5, 0.6) is 0 Å². The lowest BCUT2D eigenvalue weighted by Crippen LogP contribution is -2.41. The Hall–Kier alpha value is -2.16. The summed E-state index contributed by atoms with van der Waals surface area (Å²) >= 11 is -2.43. The molecule has 0 bridgehead atoms. The van der Waals surface area contributed by atoms with Gasteiger partial charge >= 0.3 is 17.5 Å². The molecule has 1 fully saturated rings. The van der Waals surface area contributed by atoms with E-state index in [1.807, 2.05) is 52.0 Å². The lowest BCUT2D eigenvalue weighted by Gasteiger charge is -2.33. The molecule has 2 heterocycles. The van der Waals surface area contributed by atoms with Crippen LogP contribution in [0.1, 0.15) is 68.1 Å². The van der Waals surface area contributed by atoms with Gasteiger partial charge in [-0.05, 0) is 52.2 Å². The van der Waals surface area contributed by atoms with Crippen molar-refractivity contribution in [2.24, 2.45) is 0 Å². The van der Waals surface area contributed by atoms with Crippen LogP contribution in [0.2, 0.25) is 0 Å². The van der Waals surface area contributed by atoms with Gasteiger partial charge in [-0.15, -0.1) is 0 Å². The van der Waals surface area contributed by atoms with Crippen LogP contribution in [-0.2, 0) is 20.3 Å². The zero-order valence-electron chi connectivity index (χ0n) is 17.8. The quantitative estimate of drug-likeness (QED) is 0.669. The number of carbonyl (C=O) groups is 1. The molecular formula is C22H29NO6S. The van der Waals surface area contributed by atoms with Crippen molar-refractivity contribution in [2.75, 3.05) is 13.1 Å². The molecule has 1 aliphatic rings. The van der Waals surface area contributed by atoms with E-state index < -0.39 is 23.1 Å². The Balaban J connectivity index is 1.76. The van der Waals surface area contributed by atoms with E-state index in [0.717, 1.165) is 22.5 Å². The van der Waals surface area contributed by atoms with Crippen LogP contribution >= 0.6 is 0 Å². The first kappa shape index (κ1) is 22.5. The van der Waals surface area contributed by atoms with Crippen LogP contribution < -0.4 is 0 Å². The fraction of sp³-hybridized carbons (Fsp3) is 0.500. The van der Waals surface area contributed by atoms with Gasteiger partial charge in [-0.3, -0.25) is 8.74 Å². The highest BCUT2D eigenvalue weighted by Gasteiger charge is 2.32. The molecule has 1 aliphatic heterocycles. The summed E-state index contributed by atoms with van der Waals surface area (Å²) in [6.45, 7) is 8.64. The molecule has 1 saturated heterocycles. The van der Waals surface area contributed by atoms with Crippen molar-refractivity contribution in [1.82, 2.24) is 4.90 Å². The maximum absolute atomic E-state index is 12.3. The molecule has 2 aromatic rings. The zero-order chi connectivity index (χ0) is 21.9. The number of amides is 1. The van der Waals surface area contributed by atoms with Crippen molar-refractivity contribution in [1.29, 1.82) is 0 Å². The summed E-state index contributed by atoms with van der Waals surface area (Å²) in [4.78, 5) is 14.0. The van der Waals surface area contributed by atoms with Crippen LogP contribution in [-0.4, -0.2) is 38.4 Å². The molecule has 8 heteroatoms. The van der Waals surface area contributed by atoms with E-state index in [1.165, 1.54) is 0 Å². The van der Waals surface area contributed by atoms with E-state index in [1.54, 1.807) is 17.2 Å². The Bertz CT molecular complexity index is 878. The third-order valence-corrected chi connectivity index (χ3v) is 5.44. The summed E-state index contributed by atoms with van der Waals surface area (Å²) in [7, 11) is 0. The number of piperidine rings is 1. The number of aryl methyl sites for hydroxylation is 1. The molecular weight excluding hydrogens is 406 g/mol. The van der Waals surface area contributed by atoms with E-state index in [0.29, 0.717) is 25.9 Å². The van der Waals surface area contributed by atoms with Crippen molar-refractivity contribution in [3.63, 3.8) is 0 Å². The van der Waals surface area contributed by atoms with Gasteiger partial charge in [-0.1, -0.05) is 29.8 Å². The Morgan fingerprint density at radius 2 is 1.83 bits per heavy atom. The molecule has 0 spiro atoms. The highest BCUT2D eigenvalue weighted by atomic mass is 32.2. The molecule has 2 atom stereocenters. The summed E-state index contributed by atoms with van der Waals surface area (Å²) in [5.74, 6) is 0.812. The van der Waals surface area contributed by atoms with Crippen LogP contribution in [0.15, 0.2) is 41.0 Å². The average molecular weight is 436 g/mol. The minimum Gasteiger partial charge on any atom is -0.469 e. The van der Waals surface area contributed by atoms with E-state index >= 15 is 0 Å². The highest BCUT2D eigenvalue weighted by molar-refractivity contribution is 7.74. The molecule has 1 aromatic heterocycles. The standard InChI is InChI=1S/C22H29NO6S/c1-15-5-7-16(8-6-15)20(29-30(25)26)18-11-14-27-19(18)17-9-12-23(13-10-17)21(24)28-22(2,3)4/h5-8,11,14,17,20H,9-10,12-13H2,1-4H3,(H,25,26). The molecule has 1 amide bonds. The van der Waals surface area contributed by atoms with Gasteiger partial charge in [-0.25, -0.2) is 4.79 Å². The first-order valence-electron chi connectivity index (χ1n) is 10.0. The molecule has 0 radical (unpaired) electrons. The first-order valence-corrected chi connectivity index (χ1v) is 11.1. The number of nitrogens with zero attached hydrogens (tertiary/aromatic N) is 1. The Morgan fingerprint density at radius 1 is 1.20 bits per heavy atom. The summed E-state index contributed by atoms with van der Waals surface area (Å²) in [6, 6.07) is 9.42. The van der Waals surface area contributed by atoms with E-state index in [4.69, 9.17) is 13.3 Å². The zero-order valence-corrected chi connectivity index (χ0v) is 18.6. The van der Waals surface area contributed by atoms with Gasteiger partial charge in [-0.2, -0.15) is 4.21 Å². The Morgan fingerprint density at radius 3 is 2.40 bits per heavy atom. The average Bonchev–Trinajstić information content (AvgIpc) is 3.15. The maximum Gasteiger partial charge on any atom is 0.410 e. The second kappa shape index (κ2) is 9.32. The predicted molar refractivity (Wildman–Crippen MR) is 113 cm³/mol. The molecule has 0 aliphatic carbocycles. The number of carbonyl (C=O) groups excluding carboxylic acids is 1. The fourth-order valence-corrected chi connectivity index (χ4v) is 4.02. The lowest BCUT2D eigenvalue weighted by atomic mass is 9.89. The monoisotopic (exact) mass is 435 g/mol. The molecule has 2 unspecified atom stereocenters. The normalized spacial score (nSPS) is 17.6. The summed E-state index contributed by atoms with van der Waals surface area (Å²) in [5, 5.41) is 0. The van der Waals surface area contributed by atoms with Crippen molar-refractivity contribution < 1.29 is 26.9 Å². The maximum atomic E-state index is 12.3. The fourth-order valence-electron chi connectivity index (χ4n) is 3.64. The molecule has 7 nitrogen and oxygen atoms in total. The molecule has 30 heavy (non-hydrogen) atoms. The molecule has 0 saturated carbocycles. The number of rotatable bonds is 5. The third kappa shape index (κ3) is 5.71. The molecule has 1 N–H and O–H groups in total. The van der Waals surface area contributed by atoms with Crippen LogP contribution in [0, 0.1) is 6.92 Å². The summed E-state index contributed by atoms with van der Waals surface area (Å²) in [5.41, 5.74) is 2.07. The summed E-state index contributed by atoms with van der Waals surface area (Å²) < 4.78 is 37.5. The van der Waals surface area contributed by atoms with Gasteiger partial charge in [0.2, 0.25) is 0 Å². The highest BCUT2D eigenvalue weighted by Crippen LogP contribution is 2.38. The molecule has 1 aromatic carbocycles. The number of hydrogen-bond donors (Lipinski definition) is 1. The van der Waals surface area contributed by atoms with Crippen molar-refractivity contribution in [3.8, 4) is 0 Å². The Labute approximate surface area is 179 Å². The van der Waals surface area contributed by atoms with Crippen molar-refractivity contribution >= 4 is 17.5 Å². The van der Waals surface area contributed by atoms with Crippen LogP contribution in [0.25, 0.3) is 0 Å². The number of likely N-dealkylation sites (tertiary alicyclic amines) is 1. The number of furan rings is 1. The van der Waals surface area contributed by atoms with Crippen LogP contribution in [0.4, 0.5) is 4.79 Å². The topological polar surface area (TPSA) is 89.2 Å². The minimum absolute atomic E-state index is 0.0809. The SMILES string of the molecule is Cc1ccc(C(OS(=O)O)c2ccoc2C2CCN(C(=O)OC(C)(C)C)CC2)cc1. The second-order valence-electron chi connectivity index (χ2n) is 8.59. The predicted octanol–water partition coefficient (Wildman–Crippen LogP) is 4.95. The number of ether oxygens (including phenoxy) is 1. The minimum atomic E-state index is -2.43. The second-order valence-corrected chi connectivity index (χ2v) is 9.21. The Kier molecular flexibility index (Phi) is 7.00. The first-order chi connectivity index (χ1) is 14.1. The molecule has 164 valence electrons. The number of hydrogen-bond acceptors (Lipinski definition) is 5. The smallest absolute Gasteiger partial charge is 0.410 e.